The van der Waals surface area contributed by atoms with E-state index in [0.717, 1.165) is 29.6 Å². The van der Waals surface area contributed by atoms with Crippen LogP contribution in [0, 0.1) is 0 Å². The molecule has 2 aromatic carbocycles. The fraction of sp³-hybridized carbons (Fsp3) is 0.174. The van der Waals surface area contributed by atoms with Gasteiger partial charge >= 0.3 is 5.56 Å². The molecule has 0 aliphatic heterocycles. The minimum atomic E-state index is -0.301. The molecule has 3 aromatic heterocycles. The minimum Gasteiger partial charge on any atom is -0.313 e. The van der Waals surface area contributed by atoms with Gasteiger partial charge in [-0.3, -0.25) is 9.36 Å². The van der Waals surface area contributed by atoms with E-state index in [1.807, 2.05) is 47.0 Å². The Balaban J connectivity index is 1.50. The standard InChI is InChI=1S/C23H16Cl2N4OS2/c24-14-1-4-17(5-2-14)29-22-20(26-12-28(22)16-6-7-16)21(30)27-23(29)32-11-13-10-31-19-8-3-15(25)9-18(13)19/h1-5,8-10,12,16H,6-7,11H2. The smallest absolute Gasteiger partial charge is 0.301 e. The van der Waals surface area contributed by atoms with Crippen LogP contribution in [0.4, 0.5) is 0 Å². The van der Waals surface area contributed by atoms with Crippen molar-refractivity contribution in [3.05, 3.63) is 80.1 Å². The van der Waals surface area contributed by atoms with Crippen LogP contribution in [-0.4, -0.2) is 19.1 Å². The molecule has 1 fully saturated rings. The van der Waals surface area contributed by atoms with Gasteiger partial charge in [0, 0.05) is 32.2 Å². The Kier molecular flexibility index (Phi) is 5.02. The third-order valence-corrected chi connectivity index (χ3v) is 8.05. The van der Waals surface area contributed by atoms with Gasteiger partial charge in [0.2, 0.25) is 0 Å². The molecule has 1 aliphatic carbocycles. The van der Waals surface area contributed by atoms with Gasteiger partial charge in [-0.15, -0.1) is 11.3 Å². The van der Waals surface area contributed by atoms with Crippen LogP contribution in [0.2, 0.25) is 10.0 Å². The highest BCUT2D eigenvalue weighted by Gasteiger charge is 2.28. The Hall–Kier alpha value is -2.32. The Morgan fingerprint density at radius 3 is 2.66 bits per heavy atom. The Morgan fingerprint density at radius 2 is 1.88 bits per heavy atom. The number of thiophene rings is 1. The fourth-order valence-corrected chi connectivity index (χ4v) is 6.19. The van der Waals surface area contributed by atoms with Crippen LogP contribution in [-0.2, 0) is 5.75 Å². The first kappa shape index (κ1) is 20.3. The second kappa shape index (κ2) is 7.92. The predicted octanol–water partition coefficient (Wildman–Crippen LogP) is 6.73. The normalized spacial score (nSPS) is 13.9. The lowest BCUT2D eigenvalue weighted by molar-refractivity contribution is 0.725. The van der Waals surface area contributed by atoms with E-state index in [4.69, 9.17) is 23.2 Å². The summed E-state index contributed by atoms with van der Waals surface area (Å²) < 4.78 is 5.33. The average molecular weight is 499 g/mol. The maximum atomic E-state index is 12.9. The predicted molar refractivity (Wildman–Crippen MR) is 133 cm³/mol. The molecule has 3 heterocycles. The van der Waals surface area contributed by atoms with Gasteiger partial charge in [0.05, 0.1) is 6.33 Å². The zero-order chi connectivity index (χ0) is 21.8. The number of imidazole rings is 1. The molecule has 0 amide bonds. The van der Waals surface area contributed by atoms with E-state index in [-0.39, 0.29) is 5.56 Å². The van der Waals surface area contributed by atoms with Gasteiger partial charge in [-0.2, -0.15) is 4.98 Å². The molecule has 0 unspecified atom stereocenters. The highest BCUT2D eigenvalue weighted by molar-refractivity contribution is 7.98. The van der Waals surface area contributed by atoms with Crippen molar-refractivity contribution >= 4 is 67.6 Å². The van der Waals surface area contributed by atoms with E-state index in [2.05, 4.69) is 19.9 Å². The maximum Gasteiger partial charge on any atom is 0.301 e. The zero-order valence-electron chi connectivity index (χ0n) is 16.7. The number of aromatic nitrogens is 4. The number of benzene rings is 2. The molecule has 0 atom stereocenters. The SMILES string of the molecule is O=c1nc(SCc2csc3ccc(Cl)cc23)n(-c2ccc(Cl)cc2)c2c1ncn2C1CC1. The topological polar surface area (TPSA) is 52.7 Å². The summed E-state index contributed by atoms with van der Waals surface area (Å²) in [5.74, 6) is 0.670. The van der Waals surface area contributed by atoms with Crippen molar-refractivity contribution in [1.82, 2.24) is 19.1 Å². The number of rotatable bonds is 5. The van der Waals surface area contributed by atoms with E-state index < -0.39 is 0 Å². The first-order valence-electron chi connectivity index (χ1n) is 10.1. The lowest BCUT2D eigenvalue weighted by Crippen LogP contribution is -2.17. The monoisotopic (exact) mass is 498 g/mol. The van der Waals surface area contributed by atoms with Gasteiger partial charge < -0.3 is 4.57 Å². The van der Waals surface area contributed by atoms with Crippen molar-refractivity contribution in [2.75, 3.05) is 0 Å². The Bertz CT molecular complexity index is 1530. The molecule has 32 heavy (non-hydrogen) atoms. The summed E-state index contributed by atoms with van der Waals surface area (Å²) in [6, 6.07) is 13.9. The minimum absolute atomic E-state index is 0.301. The van der Waals surface area contributed by atoms with Gasteiger partial charge in [0.1, 0.15) is 0 Å². The van der Waals surface area contributed by atoms with Gasteiger partial charge in [-0.05, 0) is 71.6 Å². The van der Waals surface area contributed by atoms with Crippen molar-refractivity contribution in [2.45, 2.75) is 29.8 Å². The van der Waals surface area contributed by atoms with Crippen molar-refractivity contribution in [3.63, 3.8) is 0 Å². The van der Waals surface area contributed by atoms with Crippen LogP contribution < -0.4 is 5.56 Å². The first-order valence-corrected chi connectivity index (χ1v) is 12.7. The molecule has 0 spiro atoms. The van der Waals surface area contributed by atoms with Gasteiger partial charge in [0.15, 0.2) is 16.3 Å². The molecule has 0 saturated heterocycles. The summed E-state index contributed by atoms with van der Waals surface area (Å²) in [5.41, 5.74) is 2.95. The number of fused-ring (bicyclic) bond motifs is 2. The molecule has 1 saturated carbocycles. The van der Waals surface area contributed by atoms with Crippen molar-refractivity contribution in [2.24, 2.45) is 0 Å². The Morgan fingerprint density at radius 1 is 1.09 bits per heavy atom. The lowest BCUT2D eigenvalue weighted by Gasteiger charge is -2.16. The van der Waals surface area contributed by atoms with Crippen LogP contribution in [0.3, 0.4) is 0 Å². The number of hydrogen-bond acceptors (Lipinski definition) is 5. The molecule has 160 valence electrons. The van der Waals surface area contributed by atoms with Gasteiger partial charge in [-0.25, -0.2) is 4.98 Å². The van der Waals surface area contributed by atoms with Gasteiger partial charge in [0.25, 0.3) is 0 Å². The lowest BCUT2D eigenvalue weighted by atomic mass is 10.2. The van der Waals surface area contributed by atoms with Crippen LogP contribution in [0.25, 0.3) is 26.9 Å². The van der Waals surface area contributed by atoms with Crippen molar-refractivity contribution < 1.29 is 0 Å². The van der Waals surface area contributed by atoms with E-state index in [9.17, 15) is 4.79 Å². The Labute approximate surface area is 201 Å². The van der Waals surface area contributed by atoms with E-state index in [1.165, 1.54) is 22.0 Å². The van der Waals surface area contributed by atoms with Crippen LogP contribution in [0.1, 0.15) is 24.4 Å². The summed E-state index contributed by atoms with van der Waals surface area (Å²) in [6.45, 7) is 0. The van der Waals surface area contributed by atoms with Gasteiger partial charge in [-0.1, -0.05) is 35.0 Å². The summed E-state index contributed by atoms with van der Waals surface area (Å²) in [5, 5.41) is 5.29. The zero-order valence-corrected chi connectivity index (χ0v) is 19.8. The number of hydrogen-bond donors (Lipinski definition) is 0. The molecule has 0 N–H and O–H groups in total. The molecule has 6 rings (SSSR count). The number of thioether (sulfide) groups is 1. The molecule has 0 radical (unpaired) electrons. The summed E-state index contributed by atoms with van der Waals surface area (Å²) >= 11 is 15.6. The van der Waals surface area contributed by atoms with Crippen LogP contribution in [0.5, 0.6) is 0 Å². The summed E-state index contributed by atoms with van der Waals surface area (Å²) in [7, 11) is 0. The largest absolute Gasteiger partial charge is 0.313 e. The molecule has 1 aliphatic rings. The number of halogens is 2. The van der Waals surface area contributed by atoms with Crippen molar-refractivity contribution in [3.8, 4) is 5.69 Å². The molecular weight excluding hydrogens is 483 g/mol. The highest BCUT2D eigenvalue weighted by Crippen LogP contribution is 2.38. The van der Waals surface area contributed by atoms with E-state index in [0.29, 0.717) is 32.5 Å². The fourth-order valence-electron chi connectivity index (χ4n) is 3.86. The van der Waals surface area contributed by atoms with Crippen LogP contribution in [0.15, 0.2) is 64.1 Å². The van der Waals surface area contributed by atoms with E-state index >= 15 is 0 Å². The quantitative estimate of drug-likeness (QED) is 0.199. The second-order valence-electron chi connectivity index (χ2n) is 7.76. The maximum absolute atomic E-state index is 12.9. The third kappa shape index (κ3) is 3.53. The first-order chi connectivity index (χ1) is 15.6. The van der Waals surface area contributed by atoms with E-state index in [1.54, 1.807) is 17.7 Å². The van der Waals surface area contributed by atoms with Crippen molar-refractivity contribution in [1.29, 1.82) is 0 Å². The molecule has 0 bridgehead atoms. The second-order valence-corrected chi connectivity index (χ2v) is 10.5. The molecular formula is C23H16Cl2N4OS2. The molecule has 5 nitrogen and oxygen atoms in total. The molecule has 5 aromatic rings. The summed E-state index contributed by atoms with van der Waals surface area (Å²) in [4.78, 5) is 21.7. The molecule has 9 heteroatoms. The highest BCUT2D eigenvalue weighted by atomic mass is 35.5. The summed E-state index contributed by atoms with van der Waals surface area (Å²) in [6.07, 6.45) is 3.94. The van der Waals surface area contributed by atoms with Crippen LogP contribution >= 0.6 is 46.3 Å². The average Bonchev–Trinajstić information content (AvgIpc) is 3.41. The third-order valence-electron chi connectivity index (χ3n) is 5.57. The number of nitrogens with zero attached hydrogens (tertiary/aromatic N) is 4.